The summed E-state index contributed by atoms with van der Waals surface area (Å²) in [4.78, 5) is 200. The average molecular weight is 1620 g/mol. The number of rotatable bonds is 53. The summed E-state index contributed by atoms with van der Waals surface area (Å²) in [6.45, 7) is 8.61. The first-order valence-electron chi connectivity index (χ1n) is 39.0. The lowest BCUT2D eigenvalue weighted by Gasteiger charge is -2.30. The molecule has 0 aliphatic heterocycles. The second kappa shape index (κ2) is 49.5. The fraction of sp³-hybridized carbons (Fsp3) is 0.500. The molecule has 0 radical (unpaired) electrons. The second-order valence-electron chi connectivity index (χ2n) is 29.3. The van der Waals surface area contributed by atoms with Crippen molar-refractivity contribution < 1.29 is 82.4 Å². The van der Waals surface area contributed by atoms with Crippen molar-refractivity contribution >= 4 is 93.7 Å². The molecule has 0 saturated heterocycles. The summed E-state index contributed by atoms with van der Waals surface area (Å²) in [7, 11) is 0. The predicted molar refractivity (Wildman–Crippen MR) is 431 cm³/mol. The van der Waals surface area contributed by atoms with Gasteiger partial charge in [-0.15, -0.1) is 0 Å². The van der Waals surface area contributed by atoms with Gasteiger partial charge in [-0.05, 0) is 125 Å². The second-order valence-corrected chi connectivity index (χ2v) is 29.3. The molecular weight excluding hydrogens is 1500 g/mol. The number of aliphatic hydroxyl groups is 1. The zero-order valence-corrected chi connectivity index (χ0v) is 66.2. The highest BCUT2D eigenvalue weighted by atomic mass is 16.4. The molecule has 0 saturated carbocycles. The lowest BCUT2D eigenvalue weighted by Crippen LogP contribution is -2.62. The van der Waals surface area contributed by atoms with Crippen molar-refractivity contribution in [3.63, 3.8) is 0 Å². The van der Waals surface area contributed by atoms with Crippen LogP contribution in [0.5, 0.6) is 0 Å². The van der Waals surface area contributed by atoms with E-state index in [1.165, 1.54) is 6.92 Å². The molecule has 0 bridgehead atoms. The summed E-state index contributed by atoms with van der Waals surface area (Å²) in [5.41, 5.74) is 36.8. The minimum Gasteiger partial charge on any atom is -0.481 e. The van der Waals surface area contributed by atoms with E-state index in [2.05, 4.69) is 68.8 Å². The quantitative estimate of drug-likeness (QED) is 0.0146. The lowest BCUT2D eigenvalue weighted by atomic mass is 9.96. The summed E-state index contributed by atoms with van der Waals surface area (Å²) >= 11 is 0. The maximum atomic E-state index is 15.3. The van der Waals surface area contributed by atoms with Gasteiger partial charge in [-0.3, -0.25) is 67.6 Å². The topological polar surface area (TPSA) is 616 Å². The molecule has 0 aliphatic carbocycles. The highest BCUT2D eigenvalue weighted by Crippen LogP contribution is 2.21. The van der Waals surface area contributed by atoms with Gasteiger partial charge in [0.15, 0.2) is 0 Å². The number of aliphatic carboxylic acids is 2. The number of amides is 12. The van der Waals surface area contributed by atoms with E-state index in [0.717, 1.165) is 0 Å². The number of fused-ring (bicyclic) bond motifs is 1. The van der Waals surface area contributed by atoms with Crippen molar-refractivity contribution in [3.8, 4) is 0 Å². The molecular formula is C80H117N19O17. The first-order chi connectivity index (χ1) is 55.2. The number of hydrogen-bond acceptors (Lipinski definition) is 21. The van der Waals surface area contributed by atoms with Gasteiger partial charge in [0.25, 0.3) is 0 Å². The number of nitrogens with one attached hydrogen (secondary N) is 13. The number of H-pyrrole nitrogens is 1. The van der Waals surface area contributed by atoms with Crippen LogP contribution in [0, 0.1) is 11.8 Å². The van der Waals surface area contributed by atoms with Crippen LogP contribution in [-0.4, -0.2) is 208 Å². The average Bonchev–Trinajstić information content (AvgIpc) is 1.63. The Morgan fingerprint density at radius 2 is 0.793 bits per heavy atom. The van der Waals surface area contributed by atoms with E-state index in [1.807, 2.05) is 0 Å². The van der Waals surface area contributed by atoms with Gasteiger partial charge in [0.05, 0.1) is 25.0 Å². The van der Waals surface area contributed by atoms with E-state index in [-0.39, 0.29) is 96.2 Å². The number of unbranched alkanes of at least 4 members (excludes halogenated alkanes) is 2. The number of carbonyl (C=O) groups is 14. The Kier molecular flexibility index (Phi) is 40.7. The third-order valence-corrected chi connectivity index (χ3v) is 19.3. The van der Waals surface area contributed by atoms with E-state index in [9.17, 15) is 68.1 Å². The Hall–Kier alpha value is -11.3. The zero-order chi connectivity index (χ0) is 85.6. The van der Waals surface area contributed by atoms with Gasteiger partial charge in [0.2, 0.25) is 70.9 Å². The van der Waals surface area contributed by atoms with Crippen molar-refractivity contribution in [2.24, 2.45) is 46.2 Å². The third-order valence-electron chi connectivity index (χ3n) is 19.3. The minimum absolute atomic E-state index is 0.0287. The SMILES string of the molecule is CC[C@H](C)[C@H](NC(=O)[C@H](CC(=O)O)NC(=O)[C@H](Cc1c[nH]c2ccccc12)NC(=O)[C@H](Cc1ccccc1)NC(=O)[C@H](CCCCN)NC(=O)[C@H](CC(C)C)NC(=O)[C@@H](NC(=O)[C@H](Cc1ccccc1)NC(=O)[C@@H](N)CC(N)=O)[C@@H](C)O)C(=O)N[C@@H](Cc1ccccc1)C(=O)N[C@@H](CCCNC(N)N)C(=O)N[C@@H](CCCCN)C(=O)O. The van der Waals surface area contributed by atoms with Gasteiger partial charge in [-0.2, -0.15) is 0 Å². The van der Waals surface area contributed by atoms with Crippen molar-refractivity contribution in [1.82, 2.24) is 68.8 Å². The number of carboxylic acids is 2. The van der Waals surface area contributed by atoms with Gasteiger partial charge in [0, 0.05) is 42.8 Å². The van der Waals surface area contributed by atoms with Crippen LogP contribution in [0.1, 0.15) is 134 Å². The Morgan fingerprint density at radius 3 is 1.25 bits per heavy atom. The summed E-state index contributed by atoms with van der Waals surface area (Å²) in [5.74, 6) is -15.5. The van der Waals surface area contributed by atoms with Gasteiger partial charge in [-0.1, -0.05) is 143 Å². The number of para-hydroxylation sites is 1. The third kappa shape index (κ3) is 32.9. The number of primary amides is 1. The van der Waals surface area contributed by atoms with Crippen molar-refractivity contribution in [3.05, 3.63) is 144 Å². The molecule has 0 spiro atoms. The molecule has 1 aromatic heterocycles. The predicted octanol–water partition coefficient (Wildman–Crippen LogP) is -2.16. The highest BCUT2D eigenvalue weighted by Gasteiger charge is 2.40. The van der Waals surface area contributed by atoms with Crippen LogP contribution in [0.15, 0.2) is 121 Å². The van der Waals surface area contributed by atoms with Crippen LogP contribution >= 0.6 is 0 Å². The number of nitrogens with two attached hydrogens (primary N) is 6. The van der Waals surface area contributed by atoms with E-state index in [1.54, 1.807) is 149 Å². The fourth-order valence-electron chi connectivity index (χ4n) is 12.7. The van der Waals surface area contributed by atoms with Crippen LogP contribution in [0.4, 0.5) is 0 Å². The van der Waals surface area contributed by atoms with E-state index in [4.69, 9.17) is 34.4 Å². The van der Waals surface area contributed by atoms with E-state index >= 15 is 14.4 Å². The Morgan fingerprint density at radius 1 is 0.414 bits per heavy atom. The largest absolute Gasteiger partial charge is 0.481 e. The zero-order valence-electron chi connectivity index (χ0n) is 66.2. The van der Waals surface area contributed by atoms with Crippen molar-refractivity contribution in [2.45, 2.75) is 222 Å². The molecule has 5 aromatic rings. The monoisotopic (exact) mass is 1620 g/mol. The maximum absolute atomic E-state index is 15.3. The first kappa shape index (κ1) is 95.3. The van der Waals surface area contributed by atoms with Crippen LogP contribution in [-0.2, 0) is 92.8 Å². The highest BCUT2D eigenvalue weighted by molar-refractivity contribution is 6.01. The summed E-state index contributed by atoms with van der Waals surface area (Å²) < 4.78 is 0. The number of aromatic nitrogens is 1. The molecule has 4 aromatic carbocycles. The smallest absolute Gasteiger partial charge is 0.326 e. The molecule has 12 amide bonds. The van der Waals surface area contributed by atoms with E-state index < -0.39 is 186 Å². The molecule has 14 atom stereocenters. The summed E-state index contributed by atoms with van der Waals surface area (Å²) in [6, 6.07) is 13.7. The van der Waals surface area contributed by atoms with Gasteiger partial charge in [-0.25, -0.2) is 4.79 Å². The number of carbonyl (C=O) groups excluding carboxylic acids is 12. The standard InChI is InChI=1S/C80H117N19O17/c1-6-46(4)66(77(113)97-60(39-49-25-12-8-13-26-49)72(108)90-56(33-22-36-87-80(85)86)69(105)91-57(79(115)116)32-19-21-35-82)98-76(112)63(43-65(102)103)95-74(110)62(41-51-44-88-54-30-17-16-29-52(51)54)94-73(109)59(38-48-23-10-7-11-24-48)93-70(106)55(31-18-20-34-81)89-71(107)58(37-45(2)3)96-78(114)67(47(5)100)99-75(111)61(40-50-27-14-9-15-28-50)92-68(104)53(83)42-64(84)101/h7-17,23-30,44-47,53,55-63,66-67,80,87-88,100H,6,18-22,31-43,81-83,85-86H2,1-5H3,(H2,84,101)(H,89,107)(H,90,108)(H,91,105)(H,92,104)(H,93,106)(H,94,109)(H,95,110)(H,96,114)(H,97,113)(H,98,112)(H,99,111)(H,102,103)(H,115,116)/t46-,47+,53-,55-,56-,57-,58-,59-,60-,61-,62-,63-,66-,67-/m0/s1. The molecule has 116 heavy (non-hydrogen) atoms. The normalized spacial score (nSPS) is 14.9. The summed E-state index contributed by atoms with van der Waals surface area (Å²) in [6.07, 6.45) is -1.81. The molecule has 0 aliphatic rings. The molecule has 1 heterocycles. The van der Waals surface area contributed by atoms with Crippen molar-refractivity contribution in [2.75, 3.05) is 19.6 Å². The number of aromatic amines is 1. The number of carboxylic acid groups (broad SMARTS) is 2. The number of benzene rings is 4. The molecule has 634 valence electrons. The van der Waals surface area contributed by atoms with Crippen LogP contribution in [0.25, 0.3) is 10.9 Å². The van der Waals surface area contributed by atoms with Crippen molar-refractivity contribution in [1.29, 1.82) is 0 Å². The molecule has 36 heteroatoms. The Bertz CT molecular complexity index is 4040. The number of aliphatic hydroxyl groups excluding tert-OH is 1. The van der Waals surface area contributed by atoms with Crippen LogP contribution in [0.2, 0.25) is 0 Å². The minimum atomic E-state index is -1.98. The van der Waals surface area contributed by atoms with Crippen LogP contribution in [0.3, 0.4) is 0 Å². The fourth-order valence-corrected chi connectivity index (χ4v) is 12.7. The van der Waals surface area contributed by atoms with Crippen LogP contribution < -0.4 is 98.2 Å². The molecule has 5 rings (SSSR count). The number of hydrogen-bond donors (Lipinski definition) is 22. The van der Waals surface area contributed by atoms with Gasteiger partial charge >= 0.3 is 11.9 Å². The van der Waals surface area contributed by atoms with Gasteiger partial charge < -0.3 is 113 Å². The Labute approximate surface area is 673 Å². The first-order valence-corrected chi connectivity index (χ1v) is 39.0. The molecule has 28 N–H and O–H groups in total. The summed E-state index contributed by atoms with van der Waals surface area (Å²) in [5, 5.41) is 63.7. The Balaban J connectivity index is 1.46. The molecule has 0 unspecified atom stereocenters. The molecule has 0 fully saturated rings. The van der Waals surface area contributed by atoms with E-state index in [0.29, 0.717) is 52.4 Å². The lowest BCUT2D eigenvalue weighted by molar-refractivity contribution is -0.143. The maximum Gasteiger partial charge on any atom is 0.326 e. The van der Waals surface area contributed by atoms with Gasteiger partial charge in [0.1, 0.15) is 72.7 Å². The molecule has 36 nitrogen and oxygen atoms in total.